The highest BCUT2D eigenvalue weighted by Crippen LogP contribution is 2.47. The summed E-state index contributed by atoms with van der Waals surface area (Å²) in [6, 6.07) is -1.15. The molecule has 0 aromatic carbocycles. The Morgan fingerprint density at radius 1 is 0.596 bits per heavy atom. The Morgan fingerprint density at radius 3 is 1.44 bits per heavy atom. The van der Waals surface area contributed by atoms with Crippen LogP contribution in [-0.2, 0) is 18.4 Å². The molecule has 0 spiro atoms. The van der Waals surface area contributed by atoms with Crippen molar-refractivity contribution in [2.45, 2.75) is 249 Å². The first-order valence-corrected chi connectivity index (χ1v) is 24.2. The van der Waals surface area contributed by atoms with Crippen molar-refractivity contribution in [3.8, 4) is 0 Å². The number of carbonyl (C=O) groups excluding carboxylic acids is 1. The molecular formula is C43H84NO12P. The molecule has 13 nitrogen and oxygen atoms in total. The highest BCUT2D eigenvalue weighted by atomic mass is 31.2. The van der Waals surface area contributed by atoms with Crippen LogP contribution in [0, 0.1) is 0 Å². The molecule has 1 aliphatic carbocycles. The van der Waals surface area contributed by atoms with E-state index in [-0.39, 0.29) is 12.8 Å². The van der Waals surface area contributed by atoms with Crippen LogP contribution in [-0.4, -0.2) is 108 Å². The van der Waals surface area contributed by atoms with Crippen molar-refractivity contribution in [1.82, 2.24) is 5.32 Å². The number of carbonyl (C=O) groups is 1. The Balaban J connectivity index is 2.47. The molecule has 57 heavy (non-hydrogen) atoms. The van der Waals surface area contributed by atoms with Gasteiger partial charge in [-0.3, -0.25) is 13.8 Å². The van der Waals surface area contributed by atoms with Crippen molar-refractivity contribution in [1.29, 1.82) is 0 Å². The van der Waals surface area contributed by atoms with Gasteiger partial charge in [0.05, 0.1) is 31.3 Å². The molecule has 1 fully saturated rings. The van der Waals surface area contributed by atoms with Crippen LogP contribution >= 0.6 is 7.82 Å². The lowest BCUT2D eigenvalue weighted by atomic mass is 9.85. The van der Waals surface area contributed by atoms with Crippen molar-refractivity contribution < 1.29 is 59.0 Å². The maximum atomic E-state index is 13.0. The van der Waals surface area contributed by atoms with Crippen molar-refractivity contribution in [2.75, 3.05) is 6.61 Å². The third-order valence-corrected chi connectivity index (χ3v) is 12.1. The SMILES string of the molecule is CCCCCCCCCCC/C=C\CCCCCCCC(O)CC(=O)NC(COP(=O)(O)OC1C(O)C(O)C(O)C(O)C1O)C(O)CCCCCCCCCCC. The molecule has 0 aliphatic heterocycles. The summed E-state index contributed by atoms with van der Waals surface area (Å²) in [7, 11) is -5.11. The quantitative estimate of drug-likeness (QED) is 0.0175. The van der Waals surface area contributed by atoms with Crippen LogP contribution in [0.15, 0.2) is 12.2 Å². The van der Waals surface area contributed by atoms with Crippen LogP contribution in [0.25, 0.3) is 0 Å². The summed E-state index contributed by atoms with van der Waals surface area (Å²) in [6.07, 6.45) is 20.0. The number of rotatable bonds is 37. The van der Waals surface area contributed by atoms with Gasteiger partial charge in [-0.15, -0.1) is 0 Å². The Labute approximate surface area is 344 Å². The minimum Gasteiger partial charge on any atom is -0.393 e. The average Bonchev–Trinajstić information content (AvgIpc) is 3.18. The van der Waals surface area contributed by atoms with Gasteiger partial charge in [-0.05, 0) is 38.5 Å². The lowest BCUT2D eigenvalue weighted by molar-refractivity contribution is -0.220. The molecular weight excluding hydrogens is 753 g/mol. The molecule has 0 radical (unpaired) electrons. The number of aliphatic hydroxyl groups is 7. The van der Waals surface area contributed by atoms with E-state index in [1.54, 1.807) is 0 Å². The Morgan fingerprint density at radius 2 is 0.982 bits per heavy atom. The average molecular weight is 838 g/mol. The standard InChI is InChI=1S/C43H84NO12P/c1-3-5-7-9-11-13-14-15-16-17-18-19-20-21-23-24-26-28-30-34(45)32-37(47)44-35(36(46)31-29-27-25-22-12-10-8-6-4-2)33-55-57(53,54)56-43-41(51)39(49)38(48)40(50)42(43)52/h18-19,34-36,38-43,45-46,48-52H,3-17,20-33H2,1-2H3,(H,44,47)(H,53,54)/b19-18-. The topological polar surface area (TPSA) is 226 Å². The molecule has 1 aliphatic rings. The predicted molar refractivity (Wildman–Crippen MR) is 224 cm³/mol. The van der Waals surface area contributed by atoms with Crippen LogP contribution in [0.5, 0.6) is 0 Å². The van der Waals surface area contributed by atoms with E-state index < -0.39 is 75.2 Å². The van der Waals surface area contributed by atoms with Crippen LogP contribution in [0.3, 0.4) is 0 Å². The monoisotopic (exact) mass is 838 g/mol. The number of unbranched alkanes of at least 4 members (excludes halogenated alkanes) is 22. The fourth-order valence-corrected chi connectivity index (χ4v) is 8.32. The predicted octanol–water partition coefficient (Wildman–Crippen LogP) is 7.03. The van der Waals surface area contributed by atoms with Gasteiger partial charge < -0.3 is 46.0 Å². The fraction of sp³-hybridized carbons (Fsp3) is 0.930. The van der Waals surface area contributed by atoms with Gasteiger partial charge in [0.1, 0.15) is 36.6 Å². The molecule has 1 saturated carbocycles. The lowest BCUT2D eigenvalue weighted by Crippen LogP contribution is -2.64. The number of phosphoric acid groups is 1. The van der Waals surface area contributed by atoms with Gasteiger partial charge in [-0.25, -0.2) is 4.57 Å². The summed E-state index contributed by atoms with van der Waals surface area (Å²) in [6.45, 7) is 3.74. The van der Waals surface area contributed by atoms with Crippen LogP contribution in [0.1, 0.15) is 194 Å². The second-order valence-electron chi connectivity index (χ2n) is 16.4. The molecule has 0 aromatic heterocycles. The van der Waals surface area contributed by atoms with Gasteiger partial charge in [-0.2, -0.15) is 0 Å². The van der Waals surface area contributed by atoms with Crippen LogP contribution < -0.4 is 5.32 Å². The molecule has 0 aromatic rings. The number of aliphatic hydroxyl groups excluding tert-OH is 7. The van der Waals surface area contributed by atoms with E-state index in [4.69, 9.17) is 9.05 Å². The molecule has 1 rings (SSSR count). The van der Waals surface area contributed by atoms with Crippen molar-refractivity contribution >= 4 is 13.7 Å². The number of hydrogen-bond acceptors (Lipinski definition) is 11. The zero-order valence-corrected chi connectivity index (χ0v) is 36.4. The first kappa shape index (κ1) is 54.1. The largest absolute Gasteiger partial charge is 0.472 e. The van der Waals surface area contributed by atoms with E-state index >= 15 is 0 Å². The molecule has 0 heterocycles. The molecule has 0 saturated heterocycles. The third kappa shape index (κ3) is 26.1. The maximum absolute atomic E-state index is 13.0. The first-order valence-electron chi connectivity index (χ1n) is 22.7. The molecule has 14 heteroatoms. The van der Waals surface area contributed by atoms with Gasteiger partial charge >= 0.3 is 7.82 Å². The highest BCUT2D eigenvalue weighted by molar-refractivity contribution is 7.47. The van der Waals surface area contributed by atoms with Gasteiger partial charge in [-0.1, -0.05) is 161 Å². The molecule has 9 N–H and O–H groups in total. The first-order chi connectivity index (χ1) is 27.3. The molecule has 0 bridgehead atoms. The summed E-state index contributed by atoms with van der Waals surface area (Å²) in [5.74, 6) is -0.566. The minimum atomic E-state index is -5.11. The minimum absolute atomic E-state index is 0.225. The van der Waals surface area contributed by atoms with E-state index in [0.717, 1.165) is 70.6 Å². The van der Waals surface area contributed by atoms with E-state index in [0.29, 0.717) is 12.8 Å². The normalized spacial score (nSPS) is 24.0. The van der Waals surface area contributed by atoms with Crippen molar-refractivity contribution in [2.24, 2.45) is 0 Å². The number of allylic oxidation sites excluding steroid dienone is 2. The Hall–Kier alpha value is -0.960. The summed E-state index contributed by atoms with van der Waals surface area (Å²) in [4.78, 5) is 23.4. The number of hydrogen-bond donors (Lipinski definition) is 9. The van der Waals surface area contributed by atoms with E-state index in [9.17, 15) is 50.0 Å². The maximum Gasteiger partial charge on any atom is 0.472 e. The van der Waals surface area contributed by atoms with Crippen molar-refractivity contribution in [3.05, 3.63) is 12.2 Å². The number of nitrogens with one attached hydrogen (secondary N) is 1. The van der Waals surface area contributed by atoms with E-state index in [1.165, 1.54) is 83.5 Å². The summed E-state index contributed by atoms with van der Waals surface area (Å²) < 4.78 is 22.8. The zero-order chi connectivity index (χ0) is 42.3. The van der Waals surface area contributed by atoms with Gasteiger partial charge in [0.15, 0.2) is 0 Å². The third-order valence-electron chi connectivity index (χ3n) is 11.1. The molecule has 338 valence electrons. The van der Waals surface area contributed by atoms with E-state index in [1.807, 2.05) is 0 Å². The van der Waals surface area contributed by atoms with Crippen LogP contribution in [0.4, 0.5) is 0 Å². The molecule has 8 atom stereocenters. The molecule has 1 amide bonds. The Bertz CT molecular complexity index is 1040. The Kier molecular flexibility index (Phi) is 32.0. The summed E-state index contributed by atoms with van der Waals surface area (Å²) in [5, 5.41) is 74.4. The lowest BCUT2D eigenvalue weighted by Gasteiger charge is -2.41. The number of phosphoric ester groups is 1. The second-order valence-corrected chi connectivity index (χ2v) is 17.8. The molecule has 8 unspecified atom stereocenters. The second kappa shape index (κ2) is 33.7. The summed E-state index contributed by atoms with van der Waals surface area (Å²) >= 11 is 0. The van der Waals surface area contributed by atoms with Crippen molar-refractivity contribution in [3.63, 3.8) is 0 Å². The van der Waals surface area contributed by atoms with Crippen LogP contribution in [0.2, 0.25) is 0 Å². The highest BCUT2D eigenvalue weighted by Gasteiger charge is 2.51. The summed E-state index contributed by atoms with van der Waals surface area (Å²) in [5.41, 5.74) is 0. The van der Waals surface area contributed by atoms with Gasteiger partial charge in [0.25, 0.3) is 0 Å². The van der Waals surface area contributed by atoms with E-state index in [2.05, 4.69) is 31.3 Å². The zero-order valence-electron chi connectivity index (χ0n) is 35.5. The van der Waals surface area contributed by atoms with Gasteiger partial charge in [0.2, 0.25) is 5.91 Å². The fourth-order valence-electron chi connectivity index (χ4n) is 7.36. The van der Waals surface area contributed by atoms with Gasteiger partial charge in [0, 0.05) is 0 Å². The smallest absolute Gasteiger partial charge is 0.393 e. The number of amides is 1.